The van der Waals surface area contributed by atoms with Crippen molar-refractivity contribution >= 4 is 34.4 Å². The van der Waals surface area contributed by atoms with Crippen LogP contribution in [0.15, 0.2) is 66.9 Å². The molecule has 4 nitrogen and oxygen atoms in total. The van der Waals surface area contributed by atoms with Crippen LogP contribution in [-0.2, 0) is 6.61 Å². The van der Waals surface area contributed by atoms with Gasteiger partial charge in [0.15, 0.2) is 11.5 Å². The minimum absolute atomic E-state index is 0.303. The second-order valence-electron chi connectivity index (χ2n) is 5.42. The van der Waals surface area contributed by atoms with Crippen LogP contribution in [0.25, 0.3) is 22.6 Å². The van der Waals surface area contributed by atoms with E-state index in [1.54, 1.807) is 10.9 Å². The Balaban J connectivity index is 1.80. The highest BCUT2D eigenvalue weighted by Gasteiger charge is 2.17. The molecule has 0 aliphatic rings. The lowest BCUT2D eigenvalue weighted by Gasteiger charge is -2.12. The van der Waals surface area contributed by atoms with Gasteiger partial charge in [-0.05, 0) is 30.3 Å². The summed E-state index contributed by atoms with van der Waals surface area (Å²) in [6.07, 6.45) is 1.70. The third-order valence-electron chi connectivity index (χ3n) is 3.81. The van der Waals surface area contributed by atoms with Crippen LogP contribution in [0.5, 0.6) is 0 Å². The lowest BCUT2D eigenvalue weighted by Crippen LogP contribution is -2.13. The largest absolute Gasteiger partial charge is 0.407 e. The summed E-state index contributed by atoms with van der Waals surface area (Å²) in [6, 6.07) is 18.8. The molecular formula is C19H13Cl2N3O. The molecule has 0 fully saturated rings. The van der Waals surface area contributed by atoms with Crippen molar-refractivity contribution in [2.24, 2.45) is 0 Å². The fourth-order valence-corrected chi connectivity index (χ4v) is 3.00. The zero-order chi connectivity index (χ0) is 17.2. The third kappa shape index (κ3) is 3.06. The molecule has 0 aliphatic carbocycles. The number of fused-ring (bicyclic) bond motifs is 1. The Morgan fingerprint density at radius 2 is 1.64 bits per heavy atom. The quantitative estimate of drug-likeness (QED) is 0.506. The molecule has 0 amide bonds. The minimum Gasteiger partial charge on any atom is -0.407 e. The molecule has 0 radical (unpaired) electrons. The van der Waals surface area contributed by atoms with Crippen molar-refractivity contribution in [2.45, 2.75) is 6.61 Å². The number of hydrogen-bond acceptors (Lipinski definition) is 3. The van der Waals surface area contributed by atoms with E-state index in [2.05, 4.69) is 9.97 Å². The van der Waals surface area contributed by atoms with Gasteiger partial charge in [-0.25, -0.2) is 9.97 Å². The summed E-state index contributed by atoms with van der Waals surface area (Å²) in [5.74, 6) is 0.603. The van der Waals surface area contributed by atoms with Crippen LogP contribution in [0.1, 0.15) is 5.56 Å². The van der Waals surface area contributed by atoms with Crippen LogP contribution >= 0.6 is 23.2 Å². The Morgan fingerprint density at radius 3 is 2.44 bits per heavy atom. The van der Waals surface area contributed by atoms with E-state index < -0.39 is 0 Å². The summed E-state index contributed by atoms with van der Waals surface area (Å²) in [5.41, 5.74) is 3.03. The van der Waals surface area contributed by atoms with Crippen molar-refractivity contribution in [2.75, 3.05) is 0 Å². The van der Waals surface area contributed by atoms with E-state index in [-0.39, 0.29) is 0 Å². The molecule has 0 spiro atoms. The van der Waals surface area contributed by atoms with E-state index >= 15 is 0 Å². The van der Waals surface area contributed by atoms with Crippen LogP contribution in [0.3, 0.4) is 0 Å². The van der Waals surface area contributed by atoms with E-state index in [4.69, 9.17) is 28.0 Å². The zero-order valence-electron chi connectivity index (χ0n) is 13.1. The van der Waals surface area contributed by atoms with Gasteiger partial charge in [0.2, 0.25) is 0 Å². The van der Waals surface area contributed by atoms with Crippen molar-refractivity contribution in [3.8, 4) is 11.4 Å². The lowest BCUT2D eigenvalue weighted by atomic mass is 10.2. The Hall–Kier alpha value is -2.56. The average molecular weight is 370 g/mol. The molecule has 2 heterocycles. The van der Waals surface area contributed by atoms with E-state index in [0.29, 0.717) is 28.1 Å². The van der Waals surface area contributed by atoms with Crippen LogP contribution in [0.4, 0.5) is 0 Å². The molecule has 0 saturated carbocycles. The maximum Gasteiger partial charge on any atom is 0.181 e. The third-order valence-corrected chi connectivity index (χ3v) is 4.51. The van der Waals surface area contributed by atoms with E-state index in [1.807, 2.05) is 60.7 Å². The number of hydrogen-bond donors (Lipinski definition) is 0. The van der Waals surface area contributed by atoms with E-state index in [9.17, 15) is 0 Å². The average Bonchev–Trinajstić information content (AvgIpc) is 3.00. The van der Waals surface area contributed by atoms with Gasteiger partial charge >= 0.3 is 0 Å². The smallest absolute Gasteiger partial charge is 0.181 e. The minimum atomic E-state index is 0.303. The Labute approximate surface area is 154 Å². The fraction of sp³-hybridized carbons (Fsp3) is 0.0526. The summed E-state index contributed by atoms with van der Waals surface area (Å²) >= 11 is 12.6. The molecule has 0 aliphatic heterocycles. The number of aromatic nitrogens is 3. The van der Waals surface area contributed by atoms with Crippen molar-refractivity contribution in [1.29, 1.82) is 0 Å². The number of nitrogens with zero attached hydrogens (tertiary/aromatic N) is 3. The molecule has 4 rings (SSSR count). The summed E-state index contributed by atoms with van der Waals surface area (Å²) in [7, 11) is 0. The first-order valence-electron chi connectivity index (χ1n) is 7.69. The van der Waals surface area contributed by atoms with Gasteiger partial charge in [-0.2, -0.15) is 4.73 Å². The molecule has 0 bridgehead atoms. The SMILES string of the molecule is Clc1ccccc1COn1c(-c2ccccc2Cl)nc2ncccc21. The van der Waals surface area contributed by atoms with Gasteiger partial charge in [0.05, 0.1) is 5.02 Å². The van der Waals surface area contributed by atoms with Gasteiger partial charge in [0.25, 0.3) is 0 Å². The molecule has 2 aromatic heterocycles. The molecule has 6 heteroatoms. The van der Waals surface area contributed by atoms with Crippen molar-refractivity contribution < 1.29 is 4.84 Å². The van der Waals surface area contributed by atoms with Crippen LogP contribution in [-0.4, -0.2) is 14.7 Å². The van der Waals surface area contributed by atoms with E-state index in [1.165, 1.54) is 0 Å². The molecule has 0 unspecified atom stereocenters. The first-order valence-corrected chi connectivity index (χ1v) is 8.44. The number of rotatable bonds is 4. The maximum absolute atomic E-state index is 6.35. The highest BCUT2D eigenvalue weighted by atomic mass is 35.5. The topological polar surface area (TPSA) is 39.9 Å². The summed E-state index contributed by atoms with van der Waals surface area (Å²) in [5, 5.41) is 1.25. The predicted molar refractivity (Wildman–Crippen MR) is 99.7 cm³/mol. The highest BCUT2D eigenvalue weighted by Crippen LogP contribution is 2.29. The van der Waals surface area contributed by atoms with Gasteiger partial charge in [0.1, 0.15) is 12.1 Å². The first kappa shape index (κ1) is 15.9. The lowest BCUT2D eigenvalue weighted by molar-refractivity contribution is 0.110. The molecule has 4 aromatic rings. The maximum atomic E-state index is 6.35. The van der Waals surface area contributed by atoms with Gasteiger partial charge in [-0.3, -0.25) is 0 Å². The van der Waals surface area contributed by atoms with Crippen LogP contribution in [0.2, 0.25) is 10.0 Å². The predicted octanol–water partition coefficient (Wildman–Crippen LogP) is 5.03. The normalized spacial score (nSPS) is 11.0. The molecule has 25 heavy (non-hydrogen) atoms. The van der Waals surface area contributed by atoms with Crippen LogP contribution < -0.4 is 4.84 Å². The monoisotopic (exact) mass is 369 g/mol. The Morgan fingerprint density at radius 1 is 0.880 bits per heavy atom. The summed E-state index contributed by atoms with van der Waals surface area (Å²) in [4.78, 5) is 14.9. The Bertz CT molecular complexity index is 1050. The fourth-order valence-electron chi connectivity index (χ4n) is 2.59. The van der Waals surface area contributed by atoms with Gasteiger partial charge in [-0.15, -0.1) is 0 Å². The molecule has 0 atom stereocenters. The van der Waals surface area contributed by atoms with Gasteiger partial charge in [-0.1, -0.05) is 53.5 Å². The molecule has 0 saturated heterocycles. The van der Waals surface area contributed by atoms with Crippen LogP contribution in [0, 0.1) is 0 Å². The first-order chi connectivity index (χ1) is 12.2. The van der Waals surface area contributed by atoms with E-state index in [0.717, 1.165) is 16.6 Å². The zero-order valence-corrected chi connectivity index (χ0v) is 14.6. The molecule has 0 N–H and O–H groups in total. The van der Waals surface area contributed by atoms with Gasteiger partial charge < -0.3 is 4.84 Å². The second-order valence-corrected chi connectivity index (χ2v) is 6.24. The van der Waals surface area contributed by atoms with Crippen molar-refractivity contribution in [1.82, 2.24) is 14.7 Å². The second kappa shape index (κ2) is 6.75. The van der Waals surface area contributed by atoms with Gasteiger partial charge in [0, 0.05) is 22.3 Å². The number of pyridine rings is 1. The number of imidazole rings is 1. The molecule has 124 valence electrons. The Kier molecular flexibility index (Phi) is 4.30. The number of benzene rings is 2. The number of halogens is 2. The summed E-state index contributed by atoms with van der Waals surface area (Å²) < 4.78 is 1.66. The van der Waals surface area contributed by atoms with Crippen molar-refractivity contribution in [3.63, 3.8) is 0 Å². The summed E-state index contributed by atoms with van der Waals surface area (Å²) in [6.45, 7) is 0.303. The molecule has 2 aromatic carbocycles. The highest BCUT2D eigenvalue weighted by molar-refractivity contribution is 6.33. The van der Waals surface area contributed by atoms with Crippen molar-refractivity contribution in [3.05, 3.63) is 82.5 Å². The molecular weight excluding hydrogens is 357 g/mol. The standard InChI is InChI=1S/C19H13Cl2N3O/c20-15-8-3-1-6-13(15)12-25-24-17-10-5-11-22-18(17)23-19(24)14-7-2-4-9-16(14)21/h1-11H,12H2.